The Balaban J connectivity index is 2.26. The zero-order chi connectivity index (χ0) is 13.8. The number of aryl methyl sites for hydroxylation is 2. The Morgan fingerprint density at radius 1 is 1.47 bits per heavy atom. The third-order valence-electron chi connectivity index (χ3n) is 2.87. The lowest BCUT2D eigenvalue weighted by atomic mass is 10.1. The standard InChI is InChI=1S/C14H16N2O2S/c1-4-10-7-5-6-9(2)12(10)16-14-15-11(8-19-14)13(17)18-3/h5-8H,4H2,1-3H3,(H,15,16). The Hall–Kier alpha value is -1.88. The quantitative estimate of drug-likeness (QED) is 0.868. The Morgan fingerprint density at radius 2 is 2.26 bits per heavy atom. The van der Waals surface area contributed by atoms with Gasteiger partial charge in [-0.3, -0.25) is 0 Å². The fourth-order valence-corrected chi connectivity index (χ4v) is 2.52. The second-order valence-corrected chi connectivity index (χ2v) is 4.98. The fourth-order valence-electron chi connectivity index (χ4n) is 1.84. The van der Waals surface area contributed by atoms with Gasteiger partial charge in [-0.1, -0.05) is 25.1 Å². The number of anilines is 2. The predicted octanol–water partition coefficient (Wildman–Crippen LogP) is 3.54. The molecule has 0 radical (unpaired) electrons. The van der Waals surface area contributed by atoms with Crippen molar-refractivity contribution in [1.29, 1.82) is 0 Å². The van der Waals surface area contributed by atoms with Crippen LogP contribution in [0.25, 0.3) is 0 Å². The minimum absolute atomic E-state index is 0.335. The number of thiazole rings is 1. The first-order valence-corrected chi connectivity index (χ1v) is 6.93. The molecule has 0 saturated carbocycles. The molecule has 0 atom stereocenters. The van der Waals surface area contributed by atoms with E-state index in [0.717, 1.165) is 17.7 Å². The molecular formula is C14H16N2O2S. The Labute approximate surface area is 116 Å². The maximum Gasteiger partial charge on any atom is 0.357 e. The smallest absolute Gasteiger partial charge is 0.357 e. The first kappa shape index (κ1) is 13.5. The number of para-hydroxylation sites is 1. The van der Waals surface area contributed by atoms with Gasteiger partial charge in [-0.2, -0.15) is 0 Å². The molecule has 4 nitrogen and oxygen atoms in total. The minimum Gasteiger partial charge on any atom is -0.464 e. The number of aromatic nitrogens is 1. The van der Waals surface area contributed by atoms with E-state index in [0.29, 0.717) is 10.8 Å². The Morgan fingerprint density at radius 3 is 2.95 bits per heavy atom. The maximum atomic E-state index is 11.4. The summed E-state index contributed by atoms with van der Waals surface area (Å²) in [6.45, 7) is 4.16. The topological polar surface area (TPSA) is 51.2 Å². The van der Waals surface area contributed by atoms with Crippen LogP contribution in [0.5, 0.6) is 0 Å². The monoisotopic (exact) mass is 276 g/mol. The minimum atomic E-state index is -0.412. The molecule has 2 rings (SSSR count). The van der Waals surface area contributed by atoms with Crippen LogP contribution in [0, 0.1) is 6.92 Å². The van der Waals surface area contributed by atoms with Gasteiger partial charge < -0.3 is 10.1 Å². The van der Waals surface area contributed by atoms with Crippen LogP contribution in [0.15, 0.2) is 23.6 Å². The van der Waals surface area contributed by atoms with Gasteiger partial charge >= 0.3 is 5.97 Å². The van der Waals surface area contributed by atoms with Gasteiger partial charge in [0.05, 0.1) is 7.11 Å². The lowest BCUT2D eigenvalue weighted by Crippen LogP contribution is -2.02. The molecule has 1 N–H and O–H groups in total. The van der Waals surface area contributed by atoms with Gasteiger partial charge in [-0.15, -0.1) is 11.3 Å². The maximum absolute atomic E-state index is 11.4. The average Bonchev–Trinajstić information content (AvgIpc) is 2.88. The fraction of sp³-hybridized carbons (Fsp3) is 0.286. The number of benzene rings is 1. The summed E-state index contributed by atoms with van der Waals surface area (Å²) in [5, 5.41) is 5.68. The molecule has 0 aliphatic heterocycles. The van der Waals surface area contributed by atoms with Crippen LogP contribution in [0.1, 0.15) is 28.5 Å². The van der Waals surface area contributed by atoms with Crippen LogP contribution in [0.4, 0.5) is 10.8 Å². The van der Waals surface area contributed by atoms with E-state index in [9.17, 15) is 4.79 Å². The summed E-state index contributed by atoms with van der Waals surface area (Å²) in [5.74, 6) is -0.412. The van der Waals surface area contributed by atoms with Crippen molar-refractivity contribution in [3.63, 3.8) is 0 Å². The van der Waals surface area contributed by atoms with E-state index >= 15 is 0 Å². The third-order valence-corrected chi connectivity index (χ3v) is 3.63. The second-order valence-electron chi connectivity index (χ2n) is 4.12. The number of hydrogen-bond acceptors (Lipinski definition) is 5. The summed E-state index contributed by atoms with van der Waals surface area (Å²) in [5.41, 5.74) is 3.79. The zero-order valence-corrected chi connectivity index (χ0v) is 12.0. The molecule has 19 heavy (non-hydrogen) atoms. The number of rotatable bonds is 4. The van der Waals surface area contributed by atoms with Crippen molar-refractivity contribution in [2.75, 3.05) is 12.4 Å². The number of nitrogens with one attached hydrogen (secondary N) is 1. The molecule has 0 fully saturated rings. The normalized spacial score (nSPS) is 10.3. The van der Waals surface area contributed by atoms with Gasteiger partial charge in [-0.25, -0.2) is 9.78 Å². The number of carbonyl (C=O) groups excluding carboxylic acids is 1. The molecule has 0 saturated heterocycles. The van der Waals surface area contributed by atoms with Crippen molar-refractivity contribution in [2.24, 2.45) is 0 Å². The molecule has 0 bridgehead atoms. The number of nitrogens with zero attached hydrogens (tertiary/aromatic N) is 1. The molecule has 100 valence electrons. The van der Waals surface area contributed by atoms with E-state index in [-0.39, 0.29) is 0 Å². The van der Waals surface area contributed by atoms with Gasteiger partial charge in [0.1, 0.15) is 0 Å². The molecular weight excluding hydrogens is 260 g/mol. The van der Waals surface area contributed by atoms with Gasteiger partial charge in [0, 0.05) is 11.1 Å². The molecule has 1 heterocycles. The van der Waals surface area contributed by atoms with E-state index in [1.807, 2.05) is 6.07 Å². The molecule has 0 spiro atoms. The first-order chi connectivity index (χ1) is 9.15. The molecule has 1 aromatic carbocycles. The first-order valence-electron chi connectivity index (χ1n) is 6.05. The highest BCUT2D eigenvalue weighted by molar-refractivity contribution is 7.14. The number of hydrogen-bond donors (Lipinski definition) is 1. The van der Waals surface area contributed by atoms with Crippen LogP contribution in [-0.4, -0.2) is 18.1 Å². The SMILES string of the molecule is CCc1cccc(C)c1Nc1nc(C(=O)OC)cs1. The number of ether oxygens (including phenoxy) is 1. The van der Waals surface area contributed by atoms with Crippen LogP contribution < -0.4 is 5.32 Å². The van der Waals surface area contributed by atoms with Gasteiger partial charge in [0.2, 0.25) is 0 Å². The van der Waals surface area contributed by atoms with Crippen molar-refractivity contribution in [1.82, 2.24) is 4.98 Å². The molecule has 5 heteroatoms. The van der Waals surface area contributed by atoms with Crippen LogP contribution in [-0.2, 0) is 11.2 Å². The second kappa shape index (κ2) is 5.84. The molecule has 0 unspecified atom stereocenters. The number of carbonyl (C=O) groups is 1. The van der Waals surface area contributed by atoms with E-state index in [1.165, 1.54) is 24.0 Å². The average molecular weight is 276 g/mol. The summed E-state index contributed by atoms with van der Waals surface area (Å²) in [6, 6.07) is 6.18. The van der Waals surface area contributed by atoms with Gasteiger partial charge in [0.25, 0.3) is 0 Å². The van der Waals surface area contributed by atoms with Crippen LogP contribution >= 0.6 is 11.3 Å². The van der Waals surface area contributed by atoms with Crippen LogP contribution in [0.2, 0.25) is 0 Å². The lowest BCUT2D eigenvalue weighted by Gasteiger charge is -2.11. The van der Waals surface area contributed by atoms with E-state index < -0.39 is 5.97 Å². The van der Waals surface area contributed by atoms with E-state index in [2.05, 4.69) is 41.0 Å². The van der Waals surface area contributed by atoms with Crippen molar-refractivity contribution in [3.8, 4) is 0 Å². The van der Waals surface area contributed by atoms with Crippen molar-refractivity contribution in [3.05, 3.63) is 40.4 Å². The van der Waals surface area contributed by atoms with Gasteiger partial charge in [-0.05, 0) is 24.5 Å². The summed E-state index contributed by atoms with van der Waals surface area (Å²) in [7, 11) is 1.35. The third kappa shape index (κ3) is 2.93. The Bertz CT molecular complexity index is 593. The van der Waals surface area contributed by atoms with Crippen molar-refractivity contribution < 1.29 is 9.53 Å². The summed E-state index contributed by atoms with van der Waals surface area (Å²) < 4.78 is 4.65. The summed E-state index contributed by atoms with van der Waals surface area (Å²) >= 11 is 1.39. The Kier molecular flexibility index (Phi) is 4.16. The van der Waals surface area contributed by atoms with Crippen LogP contribution in [0.3, 0.4) is 0 Å². The molecule has 1 aromatic heterocycles. The molecule has 2 aromatic rings. The zero-order valence-electron chi connectivity index (χ0n) is 11.2. The van der Waals surface area contributed by atoms with Gasteiger partial charge in [0.15, 0.2) is 10.8 Å². The lowest BCUT2D eigenvalue weighted by molar-refractivity contribution is 0.0595. The van der Waals surface area contributed by atoms with Crippen molar-refractivity contribution >= 4 is 28.1 Å². The van der Waals surface area contributed by atoms with Crippen molar-refractivity contribution in [2.45, 2.75) is 20.3 Å². The molecule has 0 aliphatic carbocycles. The highest BCUT2D eigenvalue weighted by Gasteiger charge is 2.12. The predicted molar refractivity (Wildman–Crippen MR) is 77.3 cm³/mol. The van der Waals surface area contributed by atoms with E-state index in [4.69, 9.17) is 0 Å². The molecule has 0 aliphatic rings. The van der Waals surface area contributed by atoms with E-state index in [1.54, 1.807) is 5.38 Å². The highest BCUT2D eigenvalue weighted by atomic mass is 32.1. The highest BCUT2D eigenvalue weighted by Crippen LogP contribution is 2.27. The number of esters is 1. The summed E-state index contributed by atoms with van der Waals surface area (Å²) in [4.78, 5) is 15.6. The molecule has 0 amide bonds. The number of methoxy groups -OCH3 is 1. The largest absolute Gasteiger partial charge is 0.464 e. The summed E-state index contributed by atoms with van der Waals surface area (Å²) in [6.07, 6.45) is 0.944.